The number of rotatable bonds is 3. The number of halogens is 4. The fourth-order valence-corrected chi connectivity index (χ4v) is 2.96. The van der Waals surface area contributed by atoms with E-state index < -0.39 is 0 Å². The van der Waals surface area contributed by atoms with Crippen LogP contribution < -0.4 is 5.32 Å². The molecule has 3 nitrogen and oxygen atoms in total. The Balaban J connectivity index is 0.00000180. The van der Waals surface area contributed by atoms with Crippen molar-refractivity contribution >= 4 is 40.7 Å². The van der Waals surface area contributed by atoms with Crippen molar-refractivity contribution in [2.24, 2.45) is 0 Å². The third-order valence-corrected chi connectivity index (χ3v) is 4.00. The second kappa shape index (κ2) is 9.05. The molecule has 1 aliphatic heterocycles. The lowest BCUT2D eigenvalue weighted by atomic mass is 10.0. The molecule has 7 heteroatoms. The zero-order valence-corrected chi connectivity index (χ0v) is 14.5. The molecule has 1 saturated heterocycles. The monoisotopic (exact) mass is 388 g/mol. The van der Waals surface area contributed by atoms with E-state index >= 15 is 0 Å². The Morgan fingerprint density at radius 1 is 1.35 bits per heavy atom. The molecule has 0 saturated carbocycles. The van der Waals surface area contributed by atoms with Crippen molar-refractivity contribution in [2.45, 2.75) is 19.4 Å². The van der Waals surface area contributed by atoms with Crippen LogP contribution in [0.3, 0.4) is 0 Å². The Bertz CT molecular complexity index is 431. The fourth-order valence-electron chi connectivity index (χ4n) is 2.51. The first-order chi connectivity index (χ1) is 8.63. The maximum atomic E-state index is 13.5. The van der Waals surface area contributed by atoms with E-state index in [0.717, 1.165) is 32.6 Å². The predicted molar refractivity (Wildman–Crippen MR) is 87.7 cm³/mol. The van der Waals surface area contributed by atoms with Gasteiger partial charge in [-0.05, 0) is 34.5 Å². The standard InChI is InChI=1S/C13H18BrFN2O.2ClH/c1-2-12(17-5-3-16-4-6-17)10-7-9(15)8-11(14)13(10)18;;/h7-8,12,16,18H,2-6H2,1H3;2*1H/t12-;;/m1../s1. The summed E-state index contributed by atoms with van der Waals surface area (Å²) in [6, 6.07) is 2.80. The summed E-state index contributed by atoms with van der Waals surface area (Å²) in [5.74, 6) is -0.162. The van der Waals surface area contributed by atoms with E-state index in [9.17, 15) is 9.50 Å². The second-order valence-corrected chi connectivity index (χ2v) is 5.39. The van der Waals surface area contributed by atoms with Crippen LogP contribution in [0.1, 0.15) is 24.9 Å². The Morgan fingerprint density at radius 3 is 2.50 bits per heavy atom. The Hall–Kier alpha value is -0.0700. The molecule has 1 aromatic carbocycles. The minimum Gasteiger partial charge on any atom is -0.506 e. The van der Waals surface area contributed by atoms with Gasteiger partial charge in [-0.25, -0.2) is 4.39 Å². The lowest BCUT2D eigenvalue weighted by Gasteiger charge is -2.35. The highest BCUT2D eigenvalue weighted by molar-refractivity contribution is 9.10. The normalized spacial score (nSPS) is 16.9. The Labute approximate surface area is 139 Å². The molecule has 1 fully saturated rings. The van der Waals surface area contributed by atoms with Gasteiger partial charge in [0.25, 0.3) is 0 Å². The number of phenolic OH excluding ortho intramolecular Hbond substituents is 1. The summed E-state index contributed by atoms with van der Waals surface area (Å²) in [5, 5.41) is 13.4. The fraction of sp³-hybridized carbons (Fsp3) is 0.538. The molecule has 1 aromatic rings. The van der Waals surface area contributed by atoms with Crippen molar-refractivity contribution in [1.82, 2.24) is 10.2 Å². The van der Waals surface area contributed by atoms with Gasteiger partial charge in [-0.15, -0.1) is 24.8 Å². The molecule has 0 amide bonds. The average molecular weight is 390 g/mol. The van der Waals surface area contributed by atoms with Gasteiger partial charge in [0.05, 0.1) is 4.47 Å². The van der Waals surface area contributed by atoms with Crippen LogP contribution in [-0.2, 0) is 0 Å². The number of benzene rings is 1. The average Bonchev–Trinajstić information content (AvgIpc) is 2.37. The van der Waals surface area contributed by atoms with Gasteiger partial charge in [0.1, 0.15) is 11.6 Å². The Kier molecular flexibility index (Phi) is 9.02. The first-order valence-electron chi connectivity index (χ1n) is 6.26. The lowest BCUT2D eigenvalue weighted by molar-refractivity contribution is 0.166. The number of piperazine rings is 1. The van der Waals surface area contributed by atoms with E-state index in [2.05, 4.69) is 33.1 Å². The van der Waals surface area contributed by atoms with Gasteiger partial charge in [0, 0.05) is 37.8 Å². The molecule has 0 spiro atoms. The van der Waals surface area contributed by atoms with Crippen LogP contribution in [0.25, 0.3) is 0 Å². The topological polar surface area (TPSA) is 35.5 Å². The van der Waals surface area contributed by atoms with E-state index in [0.29, 0.717) is 10.0 Å². The van der Waals surface area contributed by atoms with Crippen molar-refractivity contribution in [3.8, 4) is 5.75 Å². The zero-order valence-electron chi connectivity index (χ0n) is 11.2. The van der Waals surface area contributed by atoms with Crippen molar-refractivity contribution in [1.29, 1.82) is 0 Å². The number of nitrogens with zero attached hydrogens (tertiary/aromatic N) is 1. The maximum Gasteiger partial charge on any atom is 0.134 e. The minimum absolute atomic E-state index is 0. The molecule has 0 aromatic heterocycles. The first-order valence-corrected chi connectivity index (χ1v) is 7.05. The Morgan fingerprint density at radius 2 is 1.95 bits per heavy atom. The van der Waals surface area contributed by atoms with E-state index in [1.807, 2.05) is 0 Å². The molecule has 2 N–H and O–H groups in total. The number of aromatic hydroxyl groups is 1. The third-order valence-electron chi connectivity index (χ3n) is 3.40. The van der Waals surface area contributed by atoms with Crippen molar-refractivity contribution in [3.05, 3.63) is 28.0 Å². The van der Waals surface area contributed by atoms with E-state index in [4.69, 9.17) is 0 Å². The molecule has 2 rings (SSSR count). The molecule has 1 atom stereocenters. The second-order valence-electron chi connectivity index (χ2n) is 4.54. The maximum absolute atomic E-state index is 13.5. The molecular weight excluding hydrogens is 370 g/mol. The van der Waals surface area contributed by atoms with Crippen LogP contribution in [0.15, 0.2) is 16.6 Å². The number of hydrogen-bond acceptors (Lipinski definition) is 3. The number of nitrogens with one attached hydrogen (secondary N) is 1. The van der Waals surface area contributed by atoms with Crippen LogP contribution >= 0.6 is 40.7 Å². The van der Waals surface area contributed by atoms with Crippen LogP contribution in [-0.4, -0.2) is 36.2 Å². The van der Waals surface area contributed by atoms with Gasteiger partial charge < -0.3 is 10.4 Å². The summed E-state index contributed by atoms with van der Waals surface area (Å²) in [4.78, 5) is 2.29. The zero-order chi connectivity index (χ0) is 13.1. The SMILES string of the molecule is CC[C@H](c1cc(F)cc(Br)c1O)N1CCNCC1.Cl.Cl. The van der Waals surface area contributed by atoms with Gasteiger partial charge in [-0.1, -0.05) is 6.92 Å². The van der Waals surface area contributed by atoms with Gasteiger partial charge in [-0.2, -0.15) is 0 Å². The minimum atomic E-state index is -0.316. The number of phenols is 1. The third kappa shape index (κ3) is 4.46. The largest absolute Gasteiger partial charge is 0.506 e. The van der Waals surface area contributed by atoms with Gasteiger partial charge in [-0.3, -0.25) is 4.90 Å². The molecule has 1 heterocycles. The van der Waals surface area contributed by atoms with Crippen LogP contribution in [0.2, 0.25) is 0 Å². The van der Waals surface area contributed by atoms with Crippen LogP contribution in [0.5, 0.6) is 5.75 Å². The summed E-state index contributed by atoms with van der Waals surface area (Å²) in [6.45, 7) is 5.78. The van der Waals surface area contributed by atoms with Gasteiger partial charge in [0.2, 0.25) is 0 Å². The molecule has 0 radical (unpaired) electrons. The van der Waals surface area contributed by atoms with Crippen molar-refractivity contribution < 1.29 is 9.50 Å². The van der Waals surface area contributed by atoms with Crippen LogP contribution in [0, 0.1) is 5.82 Å². The summed E-state index contributed by atoms with van der Waals surface area (Å²) < 4.78 is 13.9. The predicted octanol–water partition coefficient (Wildman–Crippen LogP) is 3.49. The van der Waals surface area contributed by atoms with Gasteiger partial charge in [0.15, 0.2) is 0 Å². The lowest BCUT2D eigenvalue weighted by Crippen LogP contribution is -2.45. The van der Waals surface area contributed by atoms with Crippen molar-refractivity contribution in [2.75, 3.05) is 26.2 Å². The smallest absolute Gasteiger partial charge is 0.134 e. The molecule has 1 aliphatic rings. The quantitative estimate of drug-likeness (QED) is 0.830. The first kappa shape index (κ1) is 19.9. The molecule has 0 unspecified atom stereocenters. The summed E-state index contributed by atoms with van der Waals surface area (Å²) >= 11 is 3.20. The molecule has 0 aliphatic carbocycles. The van der Waals surface area contributed by atoms with Crippen molar-refractivity contribution in [3.63, 3.8) is 0 Å². The highest BCUT2D eigenvalue weighted by Gasteiger charge is 2.24. The van der Waals surface area contributed by atoms with E-state index in [1.54, 1.807) is 0 Å². The van der Waals surface area contributed by atoms with Gasteiger partial charge >= 0.3 is 0 Å². The summed E-state index contributed by atoms with van der Waals surface area (Å²) in [6.07, 6.45) is 0.851. The number of hydrogen-bond donors (Lipinski definition) is 2. The highest BCUT2D eigenvalue weighted by atomic mass is 79.9. The molecular formula is C13H20BrCl2FN2O. The summed E-state index contributed by atoms with van der Waals surface area (Å²) in [5.41, 5.74) is 0.672. The highest BCUT2D eigenvalue weighted by Crippen LogP contribution is 2.37. The molecule has 0 bridgehead atoms. The van der Waals surface area contributed by atoms with Crippen LogP contribution in [0.4, 0.5) is 4.39 Å². The molecule has 20 heavy (non-hydrogen) atoms. The van der Waals surface area contributed by atoms with E-state index in [1.165, 1.54) is 12.1 Å². The summed E-state index contributed by atoms with van der Waals surface area (Å²) in [7, 11) is 0. The molecule has 116 valence electrons. The van der Waals surface area contributed by atoms with E-state index in [-0.39, 0.29) is 42.4 Å².